The monoisotopic (exact) mass is 207 g/mol. The van der Waals surface area contributed by atoms with Crippen LogP contribution in [0, 0.1) is 5.92 Å². The normalized spacial score (nSPS) is 11.4. The Morgan fingerprint density at radius 2 is 1.79 bits per heavy atom. The lowest BCUT2D eigenvalue weighted by Gasteiger charge is -2.12. The van der Waals surface area contributed by atoms with Gasteiger partial charge in [-0.25, -0.2) is 0 Å². The summed E-state index contributed by atoms with van der Waals surface area (Å²) in [6.45, 7) is 8.83. The first-order valence-electron chi connectivity index (χ1n) is 5.04. The molecule has 0 aliphatic heterocycles. The Kier molecular flexibility index (Phi) is 4.06. The maximum atomic E-state index is 2.31. The smallest absolute Gasteiger partial charge is 0.00749 e. The van der Waals surface area contributed by atoms with Crippen LogP contribution in [-0.2, 0) is 0 Å². The van der Waals surface area contributed by atoms with E-state index in [1.165, 1.54) is 21.9 Å². The first-order valence-corrected chi connectivity index (χ1v) is 6.26. The molecule has 77 valence electrons. The average Bonchev–Trinajstić information content (AvgIpc) is 2.16. The Bertz CT molecular complexity index is 274. The average molecular weight is 207 g/mol. The minimum atomic E-state index is 0.611. The highest BCUT2D eigenvalue weighted by Gasteiger charge is 2.06. The van der Waals surface area contributed by atoms with Crippen molar-refractivity contribution in [1.29, 1.82) is 0 Å². The van der Waals surface area contributed by atoms with E-state index in [0.717, 1.165) is 0 Å². The van der Waals surface area contributed by atoms with Gasteiger partial charge < -0.3 is 0 Å². The highest BCUT2D eigenvalue weighted by Crippen LogP contribution is 2.26. The van der Waals surface area contributed by atoms with Crippen molar-refractivity contribution in [3.05, 3.63) is 35.2 Å². The molecule has 0 nitrogen and oxygen atoms in total. The molecule has 0 unspecified atom stereocenters. The van der Waals surface area contributed by atoms with Gasteiger partial charge in [0.05, 0.1) is 0 Å². The van der Waals surface area contributed by atoms with Crippen molar-refractivity contribution >= 4 is 11.8 Å². The van der Waals surface area contributed by atoms with E-state index in [2.05, 4.69) is 52.1 Å². The number of hydrogen-bond donors (Lipinski definition) is 0. The predicted molar refractivity (Wildman–Crippen MR) is 66.0 cm³/mol. The number of hydrogen-bond acceptors (Lipinski definition) is 1. The van der Waals surface area contributed by atoms with Crippen LogP contribution in [0.3, 0.4) is 0 Å². The van der Waals surface area contributed by atoms with Crippen LogP contribution in [0.25, 0.3) is 0 Å². The van der Waals surface area contributed by atoms with E-state index in [1.807, 2.05) is 11.8 Å². The largest absolute Gasteiger partial charge is 0.130 e. The molecule has 0 atom stereocenters. The summed E-state index contributed by atoms with van der Waals surface area (Å²) in [5, 5.41) is 0. The van der Waals surface area contributed by atoms with Gasteiger partial charge in [0.1, 0.15) is 0 Å². The van der Waals surface area contributed by atoms with E-state index in [-0.39, 0.29) is 0 Å². The predicted octanol–water partition coefficient (Wildman–Crippen LogP) is 4.49. The Hall–Kier alpha value is -0.430. The van der Waals surface area contributed by atoms with E-state index >= 15 is 0 Å². The molecule has 0 N–H and O–H groups in total. The van der Waals surface area contributed by atoms with Gasteiger partial charge in [0, 0.05) is 4.90 Å². The van der Waals surface area contributed by atoms with Crippen molar-refractivity contribution in [2.75, 3.05) is 6.26 Å². The van der Waals surface area contributed by atoms with Gasteiger partial charge in [-0.2, -0.15) is 0 Å². The van der Waals surface area contributed by atoms with Crippen molar-refractivity contribution < 1.29 is 0 Å². The van der Waals surface area contributed by atoms with Crippen LogP contribution < -0.4 is 0 Å². The summed E-state index contributed by atoms with van der Waals surface area (Å²) < 4.78 is 0. The quantitative estimate of drug-likeness (QED) is 0.658. The summed E-state index contributed by atoms with van der Waals surface area (Å²) in [4.78, 5) is 1.37. The lowest BCUT2D eigenvalue weighted by molar-refractivity contribution is 0.858. The molecule has 0 saturated heterocycles. The Morgan fingerprint density at radius 3 is 2.21 bits per heavy atom. The van der Waals surface area contributed by atoms with Crippen LogP contribution in [0.15, 0.2) is 23.1 Å². The van der Waals surface area contributed by atoms with Crippen molar-refractivity contribution in [2.24, 2.45) is 0 Å². The SMILES string of the molecule is CSc1cc([C](C)C)cc(C(C)C)c1. The molecule has 1 rings (SSSR count). The molecule has 0 heterocycles. The molecule has 0 aliphatic carbocycles. The van der Waals surface area contributed by atoms with Crippen molar-refractivity contribution in [1.82, 2.24) is 0 Å². The van der Waals surface area contributed by atoms with E-state index in [1.54, 1.807) is 0 Å². The second kappa shape index (κ2) is 4.88. The van der Waals surface area contributed by atoms with Crippen molar-refractivity contribution in [3.8, 4) is 0 Å². The van der Waals surface area contributed by atoms with Gasteiger partial charge in [-0.1, -0.05) is 33.8 Å². The second-order valence-corrected chi connectivity index (χ2v) is 5.03. The highest BCUT2D eigenvalue weighted by atomic mass is 32.2. The molecule has 0 saturated carbocycles. The van der Waals surface area contributed by atoms with E-state index in [0.29, 0.717) is 5.92 Å². The van der Waals surface area contributed by atoms with Gasteiger partial charge in [0.2, 0.25) is 0 Å². The van der Waals surface area contributed by atoms with E-state index < -0.39 is 0 Å². The summed E-state index contributed by atoms with van der Waals surface area (Å²) in [5.41, 5.74) is 2.81. The van der Waals surface area contributed by atoms with Crippen LogP contribution in [0.5, 0.6) is 0 Å². The summed E-state index contributed by atoms with van der Waals surface area (Å²) >= 11 is 1.82. The fourth-order valence-corrected chi connectivity index (χ4v) is 1.86. The lowest BCUT2D eigenvalue weighted by Crippen LogP contribution is -1.94. The number of rotatable bonds is 3. The molecule has 0 bridgehead atoms. The summed E-state index contributed by atoms with van der Waals surface area (Å²) in [5.74, 6) is 2.00. The first-order chi connectivity index (χ1) is 6.54. The lowest BCUT2D eigenvalue weighted by atomic mass is 9.96. The standard InChI is InChI=1S/C13H19S/c1-9(2)11-6-12(10(3)4)8-13(7-11)14-5/h6-9H,1-5H3. The first kappa shape index (κ1) is 11.6. The van der Waals surface area contributed by atoms with Crippen molar-refractivity contribution in [3.63, 3.8) is 0 Å². The molecule has 0 aromatic heterocycles. The Morgan fingerprint density at radius 1 is 1.14 bits per heavy atom. The maximum Gasteiger partial charge on any atom is 0.00749 e. The van der Waals surface area contributed by atoms with E-state index in [4.69, 9.17) is 0 Å². The Labute approximate surface area is 92.1 Å². The van der Waals surface area contributed by atoms with Crippen LogP contribution in [-0.4, -0.2) is 6.26 Å². The highest BCUT2D eigenvalue weighted by molar-refractivity contribution is 7.98. The molecule has 1 radical (unpaired) electrons. The molecule has 0 spiro atoms. The molecule has 1 aromatic carbocycles. The summed E-state index contributed by atoms with van der Waals surface area (Å²) in [6.07, 6.45) is 2.13. The number of benzene rings is 1. The van der Waals surface area contributed by atoms with Gasteiger partial charge in [-0.05, 0) is 41.4 Å². The zero-order valence-electron chi connectivity index (χ0n) is 9.72. The molecule has 0 aliphatic rings. The van der Waals surface area contributed by atoms with Crippen molar-refractivity contribution in [2.45, 2.75) is 38.5 Å². The molecular formula is C13H19S. The zero-order chi connectivity index (χ0) is 10.7. The fourth-order valence-electron chi connectivity index (χ4n) is 1.36. The summed E-state index contributed by atoms with van der Waals surface area (Å²) in [7, 11) is 0. The topological polar surface area (TPSA) is 0 Å². The Balaban J connectivity index is 3.13. The summed E-state index contributed by atoms with van der Waals surface area (Å²) in [6, 6.07) is 6.87. The molecule has 0 fully saturated rings. The molecule has 0 amide bonds. The fraction of sp³-hybridized carbons (Fsp3) is 0.462. The molecular weight excluding hydrogens is 188 g/mol. The maximum absolute atomic E-state index is 2.31. The van der Waals surface area contributed by atoms with Gasteiger partial charge in [-0.3, -0.25) is 0 Å². The van der Waals surface area contributed by atoms with Crippen LogP contribution >= 0.6 is 11.8 Å². The second-order valence-electron chi connectivity index (χ2n) is 4.15. The van der Waals surface area contributed by atoms with Crippen LogP contribution in [0.1, 0.15) is 44.7 Å². The third-order valence-corrected chi connectivity index (χ3v) is 3.12. The third kappa shape index (κ3) is 2.78. The molecule has 14 heavy (non-hydrogen) atoms. The van der Waals surface area contributed by atoms with Gasteiger partial charge in [-0.15, -0.1) is 11.8 Å². The minimum Gasteiger partial charge on any atom is -0.130 e. The van der Waals surface area contributed by atoms with Crippen LogP contribution in [0.4, 0.5) is 0 Å². The molecule has 1 aromatic rings. The molecule has 1 heteroatoms. The van der Waals surface area contributed by atoms with Gasteiger partial charge in [0.25, 0.3) is 0 Å². The van der Waals surface area contributed by atoms with E-state index in [9.17, 15) is 0 Å². The number of thioether (sulfide) groups is 1. The van der Waals surface area contributed by atoms with Gasteiger partial charge >= 0.3 is 0 Å². The zero-order valence-corrected chi connectivity index (χ0v) is 10.5. The third-order valence-electron chi connectivity index (χ3n) is 2.41. The van der Waals surface area contributed by atoms with Gasteiger partial charge in [0.15, 0.2) is 0 Å². The minimum absolute atomic E-state index is 0.611. The van der Waals surface area contributed by atoms with Crippen LogP contribution in [0.2, 0.25) is 0 Å².